The number of esters is 2. The van der Waals surface area contributed by atoms with Crippen LogP contribution in [0.25, 0.3) is 22.5 Å². The number of carbonyl (C=O) groups is 2. The predicted octanol–water partition coefficient (Wildman–Crippen LogP) is 31.8. The van der Waals surface area contributed by atoms with E-state index < -0.39 is 11.9 Å². The molecule has 0 unspecified atom stereocenters. The first kappa shape index (κ1) is 101. The van der Waals surface area contributed by atoms with E-state index in [1.807, 2.05) is 0 Å². The Bertz CT molecular complexity index is 3110. The highest BCUT2D eigenvalue weighted by molar-refractivity contribution is 5.94. The van der Waals surface area contributed by atoms with Crippen LogP contribution in [-0.2, 0) is 0 Å². The standard InChI is InChI=1S/C104H162N4O10/c1-7-13-19-25-31-37-43-49-55-61-75-111-95-81-89(82-96(112-76-62-56-50-44-38-32-26-20-14-8-2)101(95)115-79-65-59-53-47-41-35-29-23-17-11-5)103(109)117-91-71-67-87(68-72-91)99-100(108-94(86-106)93(85-105)107-99)88-69-73-92(74-70-88)118-104(110)90-83-97(113-77-63-57-51-45-39-33-27-21-15-9-3)102(116-80-66-60-54-48-42-36-30-24-18-12-6)98(84-90)114-78-64-58-52-46-40-34-28-22-16-10-4/h67-74,81-84H,7-66,75-80H2,1-6H3. The minimum absolute atomic E-state index is 0.135. The molecule has 0 saturated heterocycles. The Morgan fingerprint density at radius 1 is 0.254 bits per heavy atom. The van der Waals surface area contributed by atoms with Gasteiger partial charge in [-0.15, -0.1) is 0 Å². The van der Waals surface area contributed by atoms with Gasteiger partial charge in [0, 0.05) is 11.1 Å². The lowest BCUT2D eigenvalue weighted by molar-refractivity contribution is 0.0724. The van der Waals surface area contributed by atoms with E-state index in [2.05, 4.69) is 53.7 Å². The molecule has 0 radical (unpaired) electrons. The van der Waals surface area contributed by atoms with Crippen molar-refractivity contribution in [2.24, 2.45) is 0 Å². The van der Waals surface area contributed by atoms with Gasteiger partial charge in [-0.05, 0) is 111 Å². The fourth-order valence-electron chi connectivity index (χ4n) is 15.4. The average Bonchev–Trinajstić information content (AvgIpc) is 0.791. The van der Waals surface area contributed by atoms with E-state index in [1.54, 1.807) is 72.8 Å². The highest BCUT2D eigenvalue weighted by atomic mass is 16.6. The van der Waals surface area contributed by atoms with Crippen molar-refractivity contribution >= 4 is 11.9 Å². The SMILES string of the molecule is CCCCCCCCCCCCOc1cc(C(=O)Oc2ccc(-c3nc(C#N)c(C#N)nc3-c3ccc(OC(=O)c4cc(OCCCCCCCCCCCC)c(OCCCCCCCCCCCC)c(OCCCCCCCCCCCC)c4)cc3)cc2)cc(OCCCCCCCCCCCC)c1OCCCCCCCCCCCC. The van der Waals surface area contributed by atoms with Crippen LogP contribution in [0.3, 0.4) is 0 Å². The second kappa shape index (κ2) is 69.3. The van der Waals surface area contributed by atoms with Crippen LogP contribution in [0.4, 0.5) is 0 Å². The number of hydrogen-bond donors (Lipinski definition) is 0. The number of ether oxygens (including phenoxy) is 8. The third-order valence-corrected chi connectivity index (χ3v) is 22.8. The molecule has 0 saturated carbocycles. The van der Waals surface area contributed by atoms with Crippen LogP contribution in [0.15, 0.2) is 72.8 Å². The molecule has 14 heteroatoms. The fourth-order valence-corrected chi connectivity index (χ4v) is 15.4. The van der Waals surface area contributed by atoms with Crippen LogP contribution < -0.4 is 37.9 Å². The first-order valence-electron chi connectivity index (χ1n) is 48.7. The molecule has 5 rings (SSSR count). The van der Waals surface area contributed by atoms with Gasteiger partial charge >= 0.3 is 11.9 Å². The van der Waals surface area contributed by atoms with Gasteiger partial charge < -0.3 is 37.9 Å². The summed E-state index contributed by atoms with van der Waals surface area (Å²) in [4.78, 5) is 38.6. The van der Waals surface area contributed by atoms with E-state index in [9.17, 15) is 20.1 Å². The largest absolute Gasteiger partial charge is 0.490 e. The van der Waals surface area contributed by atoms with Gasteiger partial charge in [-0.1, -0.05) is 388 Å². The van der Waals surface area contributed by atoms with Gasteiger partial charge in [0.1, 0.15) is 23.6 Å². The summed E-state index contributed by atoms with van der Waals surface area (Å²) in [5.41, 5.74) is 2.05. The van der Waals surface area contributed by atoms with Crippen molar-refractivity contribution in [3.05, 3.63) is 95.3 Å². The van der Waals surface area contributed by atoms with Gasteiger partial charge in [0.05, 0.1) is 62.2 Å². The first-order chi connectivity index (χ1) is 58.2. The monoisotopic (exact) mass is 1630 g/mol. The molecule has 0 aliphatic carbocycles. The molecule has 5 aromatic rings. The van der Waals surface area contributed by atoms with Crippen molar-refractivity contribution in [2.75, 3.05) is 39.6 Å². The van der Waals surface area contributed by atoms with Crippen molar-refractivity contribution in [2.45, 2.75) is 427 Å². The molecule has 14 nitrogen and oxygen atoms in total. The Hall–Kier alpha value is -7.32. The summed E-state index contributed by atoms with van der Waals surface area (Å²) in [5, 5.41) is 20.6. The van der Waals surface area contributed by atoms with Crippen molar-refractivity contribution in [1.29, 1.82) is 10.5 Å². The molecule has 1 aromatic heterocycles. The summed E-state index contributed by atoms with van der Waals surface area (Å²) < 4.78 is 52.3. The Kier molecular flexibility index (Phi) is 59.5. The third-order valence-electron chi connectivity index (χ3n) is 22.8. The van der Waals surface area contributed by atoms with E-state index in [4.69, 9.17) is 47.9 Å². The van der Waals surface area contributed by atoms with Gasteiger partial charge in [-0.25, -0.2) is 19.6 Å². The normalized spacial score (nSPS) is 11.2. The molecule has 0 aliphatic rings. The van der Waals surface area contributed by atoms with E-state index in [-0.39, 0.29) is 34.0 Å². The molecule has 0 amide bonds. The predicted molar refractivity (Wildman–Crippen MR) is 489 cm³/mol. The molecule has 0 aliphatic heterocycles. The zero-order valence-electron chi connectivity index (χ0n) is 75.5. The number of nitriles is 2. The summed E-state index contributed by atoms with van der Waals surface area (Å²) in [7, 11) is 0. The van der Waals surface area contributed by atoms with E-state index in [0.29, 0.717) is 96.7 Å². The molecule has 118 heavy (non-hydrogen) atoms. The molecule has 0 bridgehead atoms. The van der Waals surface area contributed by atoms with Crippen LogP contribution in [-0.4, -0.2) is 61.5 Å². The second-order valence-corrected chi connectivity index (χ2v) is 33.5. The van der Waals surface area contributed by atoms with E-state index >= 15 is 0 Å². The number of nitrogens with zero attached hydrogens (tertiary/aromatic N) is 4. The lowest BCUT2D eigenvalue weighted by atomic mass is 10.0. The van der Waals surface area contributed by atoms with Crippen molar-refractivity contribution < 1.29 is 47.5 Å². The lowest BCUT2D eigenvalue weighted by Gasteiger charge is -2.19. The van der Waals surface area contributed by atoms with E-state index in [0.717, 1.165) is 103 Å². The van der Waals surface area contributed by atoms with Gasteiger partial charge in [-0.2, -0.15) is 10.5 Å². The van der Waals surface area contributed by atoms with E-state index in [1.165, 1.54) is 283 Å². The third kappa shape index (κ3) is 45.4. The number of hydrogen-bond acceptors (Lipinski definition) is 14. The Morgan fingerprint density at radius 3 is 0.619 bits per heavy atom. The first-order valence-corrected chi connectivity index (χ1v) is 48.7. The van der Waals surface area contributed by atoms with Crippen molar-refractivity contribution in [1.82, 2.24) is 9.97 Å². The summed E-state index contributed by atoms with van der Waals surface area (Å²) in [6, 6.07) is 24.8. The maximum atomic E-state index is 14.6. The van der Waals surface area contributed by atoms with Crippen LogP contribution in [0, 0.1) is 22.7 Å². The molecule has 0 atom stereocenters. The Morgan fingerprint density at radius 2 is 0.432 bits per heavy atom. The van der Waals surface area contributed by atoms with Crippen LogP contribution in [0.2, 0.25) is 0 Å². The molecular formula is C104H162N4O10. The van der Waals surface area contributed by atoms with Crippen LogP contribution in [0.1, 0.15) is 459 Å². The second-order valence-electron chi connectivity index (χ2n) is 33.5. The summed E-state index contributed by atoms with van der Waals surface area (Å²) >= 11 is 0. The van der Waals surface area contributed by atoms with Crippen molar-refractivity contribution in [3.8, 4) is 80.6 Å². The molecule has 0 fully saturated rings. The number of rotatable bonds is 78. The minimum Gasteiger partial charge on any atom is -0.490 e. The number of unbranched alkanes of at least 4 members (excludes halogenated alkanes) is 54. The molecule has 0 spiro atoms. The minimum atomic E-state index is -0.587. The zero-order chi connectivity index (χ0) is 84.0. The number of benzene rings is 4. The quantitative estimate of drug-likeness (QED) is 0.0204. The molecule has 4 aromatic carbocycles. The summed E-state index contributed by atoms with van der Waals surface area (Å²) in [6.07, 6.45) is 72.7. The Labute approximate surface area is 718 Å². The maximum Gasteiger partial charge on any atom is 0.343 e. The Balaban J connectivity index is 1.39. The zero-order valence-corrected chi connectivity index (χ0v) is 75.5. The molecule has 0 N–H and O–H groups in total. The van der Waals surface area contributed by atoms with Gasteiger partial charge in [0.15, 0.2) is 34.4 Å². The summed E-state index contributed by atoms with van der Waals surface area (Å²) in [6.45, 7) is 16.5. The topological polar surface area (TPSA) is 181 Å². The van der Waals surface area contributed by atoms with Crippen LogP contribution in [0.5, 0.6) is 46.0 Å². The highest BCUT2D eigenvalue weighted by Crippen LogP contribution is 2.43. The smallest absolute Gasteiger partial charge is 0.343 e. The average molecular weight is 1630 g/mol. The van der Waals surface area contributed by atoms with Crippen molar-refractivity contribution in [3.63, 3.8) is 0 Å². The van der Waals surface area contributed by atoms with Gasteiger partial charge in [0.25, 0.3) is 0 Å². The fraction of sp³-hybridized carbons (Fsp3) is 0.692. The summed E-state index contributed by atoms with van der Waals surface area (Å²) in [5.74, 6) is 2.35. The van der Waals surface area contributed by atoms with Gasteiger partial charge in [0.2, 0.25) is 11.5 Å². The molecule has 1 heterocycles. The maximum absolute atomic E-state index is 14.6. The van der Waals surface area contributed by atoms with Gasteiger partial charge in [-0.3, -0.25) is 0 Å². The highest BCUT2D eigenvalue weighted by Gasteiger charge is 2.25. The lowest BCUT2D eigenvalue weighted by Crippen LogP contribution is -2.12. The molecular weight excluding hydrogens is 1470 g/mol. The molecule has 658 valence electrons. The number of carbonyl (C=O) groups excluding carboxylic acids is 2. The number of aromatic nitrogens is 2. The van der Waals surface area contributed by atoms with Crippen LogP contribution >= 0.6 is 0 Å².